The van der Waals surface area contributed by atoms with Gasteiger partial charge in [0.15, 0.2) is 0 Å². The van der Waals surface area contributed by atoms with Gasteiger partial charge in [-0.1, -0.05) is 36.4 Å². The molecule has 40 heavy (non-hydrogen) atoms. The average molecular weight is 541 g/mol. The van der Waals surface area contributed by atoms with Gasteiger partial charge >= 0.3 is 0 Å². The van der Waals surface area contributed by atoms with E-state index in [2.05, 4.69) is 29.2 Å². The first kappa shape index (κ1) is 26.4. The van der Waals surface area contributed by atoms with E-state index in [9.17, 15) is 9.59 Å². The molecule has 2 aliphatic heterocycles. The summed E-state index contributed by atoms with van der Waals surface area (Å²) in [6.07, 6.45) is 4.57. The van der Waals surface area contributed by atoms with Crippen molar-refractivity contribution in [3.63, 3.8) is 0 Å². The van der Waals surface area contributed by atoms with Crippen LogP contribution in [0.25, 0.3) is 16.7 Å². The van der Waals surface area contributed by atoms with Crippen LogP contribution in [-0.2, 0) is 17.7 Å². The second-order valence-electron chi connectivity index (χ2n) is 11.0. The van der Waals surface area contributed by atoms with E-state index >= 15 is 0 Å². The molecule has 1 aromatic carbocycles. The second kappa shape index (κ2) is 11.3. The molecule has 0 aliphatic carbocycles. The third-order valence-corrected chi connectivity index (χ3v) is 8.38. The molecule has 1 N–H and O–H groups in total. The largest absolute Gasteiger partial charge is 0.379 e. The molecular weight excluding hydrogens is 504 g/mol. The molecule has 0 spiro atoms. The van der Waals surface area contributed by atoms with Crippen LogP contribution in [0, 0.1) is 18.3 Å². The van der Waals surface area contributed by atoms with E-state index in [-0.39, 0.29) is 22.5 Å². The van der Waals surface area contributed by atoms with Crippen LogP contribution < -0.4 is 11.0 Å². The lowest BCUT2D eigenvalue weighted by molar-refractivity contribution is 0.0363. The Hall–Kier alpha value is -3.82. The predicted molar refractivity (Wildman–Crippen MR) is 154 cm³/mol. The van der Waals surface area contributed by atoms with Gasteiger partial charge in [-0.25, -0.2) is 4.98 Å². The van der Waals surface area contributed by atoms with Crippen LogP contribution >= 0.6 is 0 Å². The number of rotatable bonds is 6. The van der Waals surface area contributed by atoms with Gasteiger partial charge in [0.2, 0.25) is 0 Å². The predicted octanol–water partition coefficient (Wildman–Crippen LogP) is 2.86. The zero-order chi connectivity index (χ0) is 27.6. The summed E-state index contributed by atoms with van der Waals surface area (Å²) < 4.78 is 8.79. The van der Waals surface area contributed by atoms with Crippen molar-refractivity contribution in [2.75, 3.05) is 45.9 Å². The summed E-state index contributed by atoms with van der Waals surface area (Å²) in [5.41, 5.74) is 3.39. The van der Waals surface area contributed by atoms with Gasteiger partial charge in [-0.05, 0) is 55.4 Å². The highest BCUT2D eigenvalue weighted by Crippen LogP contribution is 2.23. The number of aromatic nitrogens is 3. The molecular formula is C31H36N6O3. The molecule has 2 saturated heterocycles. The molecule has 2 fully saturated rings. The van der Waals surface area contributed by atoms with Crippen LogP contribution in [0.4, 0.5) is 0 Å². The number of carbonyl (C=O) groups is 1. The van der Waals surface area contributed by atoms with Crippen molar-refractivity contribution in [1.82, 2.24) is 23.8 Å². The molecule has 0 radical (unpaired) electrons. The molecule has 3 aromatic heterocycles. The number of likely N-dealkylation sites (tertiary alicyclic amines) is 1. The number of benzene rings is 1. The van der Waals surface area contributed by atoms with E-state index in [0.29, 0.717) is 62.0 Å². The standard InChI is InChI=1S/C31H36N6O3/c1-22-6-5-11-37-28(22)33-29-26(31(37)39)21-25(27(32)36(29)15-14-34-16-18-40-19-17-34)30(38)35-12-9-24(10-13-35)20-23-7-3-2-4-8-23/h2-8,11,21,24,32H,9-10,12-20H2,1H3. The van der Waals surface area contributed by atoms with Crippen molar-refractivity contribution < 1.29 is 9.53 Å². The SMILES string of the molecule is Cc1cccn2c(=O)c3cc(C(=O)N4CCC(Cc5ccccc5)CC4)c(=N)n(CCN4CCOCC4)c3nc12. The van der Waals surface area contributed by atoms with Crippen LogP contribution in [0.15, 0.2) is 59.5 Å². The van der Waals surface area contributed by atoms with Crippen molar-refractivity contribution in [2.45, 2.75) is 32.7 Å². The van der Waals surface area contributed by atoms with Crippen LogP contribution in [0.3, 0.4) is 0 Å². The molecule has 0 bridgehead atoms. The van der Waals surface area contributed by atoms with Gasteiger partial charge in [-0.3, -0.25) is 24.3 Å². The van der Waals surface area contributed by atoms with Crippen LogP contribution in [0.5, 0.6) is 0 Å². The van der Waals surface area contributed by atoms with Gasteiger partial charge in [0.05, 0.1) is 24.2 Å². The normalized spacial score (nSPS) is 17.1. The quantitative estimate of drug-likeness (QED) is 0.380. The van der Waals surface area contributed by atoms with Crippen molar-refractivity contribution in [3.8, 4) is 0 Å². The van der Waals surface area contributed by atoms with Gasteiger partial charge in [-0.2, -0.15) is 0 Å². The minimum Gasteiger partial charge on any atom is -0.379 e. The Balaban J connectivity index is 1.33. The highest BCUT2D eigenvalue weighted by molar-refractivity contribution is 5.97. The van der Waals surface area contributed by atoms with Gasteiger partial charge in [0.25, 0.3) is 11.5 Å². The Morgan fingerprint density at radius 3 is 2.50 bits per heavy atom. The molecule has 9 nitrogen and oxygen atoms in total. The Kier molecular flexibility index (Phi) is 7.49. The van der Waals surface area contributed by atoms with Crippen LogP contribution in [0.2, 0.25) is 0 Å². The maximum absolute atomic E-state index is 13.9. The first-order valence-electron chi connectivity index (χ1n) is 14.2. The Labute approximate surface area is 233 Å². The van der Waals surface area contributed by atoms with Gasteiger partial charge in [0, 0.05) is 45.5 Å². The smallest absolute Gasteiger partial charge is 0.267 e. The lowest BCUT2D eigenvalue weighted by Gasteiger charge is -2.32. The van der Waals surface area contributed by atoms with Crippen LogP contribution in [-0.4, -0.2) is 75.6 Å². The number of hydrogen-bond donors (Lipinski definition) is 1. The van der Waals surface area contributed by atoms with E-state index in [0.717, 1.165) is 37.9 Å². The fourth-order valence-corrected chi connectivity index (χ4v) is 6.00. The topological polar surface area (TPSA) is 95.9 Å². The van der Waals surface area contributed by atoms with Crippen LogP contribution in [0.1, 0.15) is 34.3 Å². The number of aryl methyl sites for hydroxylation is 1. The zero-order valence-corrected chi connectivity index (χ0v) is 23.0. The number of carbonyl (C=O) groups excluding carboxylic acids is 1. The van der Waals surface area contributed by atoms with Gasteiger partial charge < -0.3 is 14.2 Å². The van der Waals surface area contributed by atoms with Crippen molar-refractivity contribution in [3.05, 3.63) is 87.3 Å². The van der Waals surface area contributed by atoms with Gasteiger partial charge in [0.1, 0.15) is 16.8 Å². The number of pyridine rings is 2. The molecule has 9 heteroatoms. The summed E-state index contributed by atoms with van der Waals surface area (Å²) >= 11 is 0. The summed E-state index contributed by atoms with van der Waals surface area (Å²) in [7, 11) is 0. The third kappa shape index (κ3) is 5.19. The molecule has 4 aromatic rings. The summed E-state index contributed by atoms with van der Waals surface area (Å²) in [4.78, 5) is 36.5. The van der Waals surface area contributed by atoms with Crippen molar-refractivity contribution >= 4 is 22.6 Å². The molecule has 5 heterocycles. The molecule has 0 atom stereocenters. The number of nitrogens with zero attached hydrogens (tertiary/aromatic N) is 5. The highest BCUT2D eigenvalue weighted by Gasteiger charge is 2.27. The molecule has 1 amide bonds. The Morgan fingerprint density at radius 2 is 1.75 bits per heavy atom. The number of amides is 1. The Bertz CT molecular complexity index is 1650. The first-order chi connectivity index (χ1) is 19.5. The van der Waals surface area contributed by atoms with E-state index in [4.69, 9.17) is 15.1 Å². The summed E-state index contributed by atoms with van der Waals surface area (Å²) in [6, 6.07) is 15.8. The van der Waals surface area contributed by atoms with E-state index in [1.165, 1.54) is 9.96 Å². The summed E-state index contributed by atoms with van der Waals surface area (Å²) in [6.45, 7) is 7.37. The number of fused-ring (bicyclic) bond motifs is 2. The first-order valence-corrected chi connectivity index (χ1v) is 14.2. The monoisotopic (exact) mass is 540 g/mol. The van der Waals surface area contributed by atoms with Crippen molar-refractivity contribution in [1.29, 1.82) is 5.41 Å². The Morgan fingerprint density at radius 1 is 1.00 bits per heavy atom. The molecule has 0 saturated carbocycles. The zero-order valence-electron chi connectivity index (χ0n) is 23.0. The van der Waals surface area contributed by atoms with E-state index in [1.54, 1.807) is 16.8 Å². The van der Waals surface area contributed by atoms with E-state index in [1.807, 2.05) is 30.0 Å². The molecule has 208 valence electrons. The van der Waals surface area contributed by atoms with Gasteiger partial charge in [-0.15, -0.1) is 0 Å². The number of nitrogens with one attached hydrogen (secondary N) is 1. The number of ether oxygens (including phenoxy) is 1. The number of hydrogen-bond acceptors (Lipinski definition) is 6. The summed E-state index contributed by atoms with van der Waals surface area (Å²) in [5, 5.41) is 9.50. The third-order valence-electron chi connectivity index (χ3n) is 8.38. The lowest BCUT2D eigenvalue weighted by Crippen LogP contribution is -2.43. The fourth-order valence-electron chi connectivity index (χ4n) is 6.00. The molecule has 6 rings (SSSR count). The fraction of sp³-hybridized carbons (Fsp3) is 0.419. The number of piperidine rings is 1. The van der Waals surface area contributed by atoms with Crippen molar-refractivity contribution in [2.24, 2.45) is 5.92 Å². The number of morpholine rings is 1. The molecule has 2 aliphatic rings. The maximum atomic E-state index is 13.9. The minimum absolute atomic E-state index is 0.113. The maximum Gasteiger partial charge on any atom is 0.267 e. The average Bonchev–Trinajstić information content (AvgIpc) is 2.98. The highest BCUT2D eigenvalue weighted by atomic mass is 16.5. The van der Waals surface area contributed by atoms with E-state index < -0.39 is 0 Å². The molecule has 0 unspecified atom stereocenters. The second-order valence-corrected chi connectivity index (χ2v) is 11.0. The minimum atomic E-state index is -0.223. The summed E-state index contributed by atoms with van der Waals surface area (Å²) in [5.74, 6) is 0.347. The lowest BCUT2D eigenvalue weighted by atomic mass is 9.90.